The van der Waals surface area contributed by atoms with Crippen molar-refractivity contribution in [2.45, 2.75) is 37.8 Å². The fourth-order valence-corrected chi connectivity index (χ4v) is 2.99. The minimum Gasteiger partial charge on any atom is -0.336 e. The van der Waals surface area contributed by atoms with Crippen molar-refractivity contribution in [3.63, 3.8) is 0 Å². The minimum atomic E-state index is 0.0993. The molecule has 1 heterocycles. The molecule has 5 heteroatoms. The van der Waals surface area contributed by atoms with Gasteiger partial charge in [0.2, 0.25) is 0 Å². The van der Waals surface area contributed by atoms with Crippen LogP contribution in [0.1, 0.15) is 25.7 Å². The lowest BCUT2D eigenvalue weighted by Crippen LogP contribution is -2.43. The van der Waals surface area contributed by atoms with Gasteiger partial charge in [0.05, 0.1) is 0 Å². The molecule has 1 saturated heterocycles. The predicted molar refractivity (Wildman–Crippen MR) is 72.7 cm³/mol. The zero-order chi connectivity index (χ0) is 13.0. The summed E-state index contributed by atoms with van der Waals surface area (Å²) in [6, 6.07) is 1.50. The molecule has 1 aliphatic carbocycles. The average molecular weight is 254 g/mol. The zero-order valence-corrected chi connectivity index (χ0v) is 11.6. The quantitative estimate of drug-likeness (QED) is 0.750. The van der Waals surface area contributed by atoms with Gasteiger partial charge in [0.1, 0.15) is 0 Å². The number of carbonyl (C=O) groups excluding carboxylic acids is 1. The summed E-state index contributed by atoms with van der Waals surface area (Å²) in [5, 5.41) is 6.21. The molecule has 104 valence electrons. The van der Waals surface area contributed by atoms with E-state index in [1.807, 2.05) is 4.90 Å². The minimum absolute atomic E-state index is 0.0993. The monoisotopic (exact) mass is 254 g/mol. The van der Waals surface area contributed by atoms with Crippen molar-refractivity contribution in [3.8, 4) is 0 Å². The van der Waals surface area contributed by atoms with E-state index in [-0.39, 0.29) is 6.03 Å². The zero-order valence-electron chi connectivity index (χ0n) is 11.6. The third-order valence-electron chi connectivity index (χ3n) is 4.40. The lowest BCUT2D eigenvalue weighted by atomic mass is 9.90. The SMILES string of the molecule is CNC1CCC(N(C)CCN2CCNC2=O)CC1. The largest absolute Gasteiger partial charge is 0.336 e. The molecule has 2 fully saturated rings. The van der Waals surface area contributed by atoms with Gasteiger partial charge in [-0.2, -0.15) is 0 Å². The van der Waals surface area contributed by atoms with Crippen molar-refractivity contribution in [2.24, 2.45) is 0 Å². The van der Waals surface area contributed by atoms with Gasteiger partial charge < -0.3 is 20.4 Å². The first-order chi connectivity index (χ1) is 8.70. The van der Waals surface area contributed by atoms with Crippen LogP contribution < -0.4 is 10.6 Å². The van der Waals surface area contributed by atoms with Crippen LogP contribution in [0.25, 0.3) is 0 Å². The van der Waals surface area contributed by atoms with E-state index in [0.717, 1.165) is 26.2 Å². The molecule has 1 aliphatic heterocycles. The normalized spacial score (nSPS) is 28.8. The number of urea groups is 1. The highest BCUT2D eigenvalue weighted by atomic mass is 16.2. The predicted octanol–water partition coefficient (Wildman–Crippen LogP) is 0.474. The molecule has 2 amide bonds. The van der Waals surface area contributed by atoms with Crippen LogP contribution in [0, 0.1) is 0 Å². The average Bonchev–Trinajstić information content (AvgIpc) is 2.81. The van der Waals surface area contributed by atoms with Crippen LogP contribution in [0.4, 0.5) is 4.79 Å². The third-order valence-corrected chi connectivity index (χ3v) is 4.40. The number of hydrogen-bond donors (Lipinski definition) is 2. The number of rotatable bonds is 5. The topological polar surface area (TPSA) is 47.6 Å². The Morgan fingerprint density at radius 1 is 1.39 bits per heavy atom. The van der Waals surface area contributed by atoms with Crippen LogP contribution in [0.5, 0.6) is 0 Å². The summed E-state index contributed by atoms with van der Waals surface area (Å²) in [7, 11) is 4.25. The van der Waals surface area contributed by atoms with Crippen molar-refractivity contribution in [1.82, 2.24) is 20.4 Å². The molecule has 0 aromatic carbocycles. The second-order valence-electron chi connectivity index (χ2n) is 5.49. The highest BCUT2D eigenvalue weighted by Crippen LogP contribution is 2.22. The molecule has 0 aromatic rings. The van der Waals surface area contributed by atoms with Crippen molar-refractivity contribution < 1.29 is 4.79 Å². The Labute approximate surface area is 110 Å². The number of likely N-dealkylation sites (N-methyl/N-ethyl adjacent to an activating group) is 1. The Morgan fingerprint density at radius 3 is 2.67 bits per heavy atom. The van der Waals surface area contributed by atoms with Gasteiger partial charge in [-0.05, 0) is 39.8 Å². The molecule has 18 heavy (non-hydrogen) atoms. The maximum atomic E-state index is 11.4. The molecule has 5 nitrogen and oxygen atoms in total. The van der Waals surface area contributed by atoms with Crippen LogP contribution >= 0.6 is 0 Å². The van der Waals surface area contributed by atoms with Gasteiger partial charge in [0, 0.05) is 38.3 Å². The molecule has 0 spiro atoms. The highest BCUT2D eigenvalue weighted by molar-refractivity contribution is 5.76. The Hall–Kier alpha value is -0.810. The van der Waals surface area contributed by atoms with Gasteiger partial charge in [-0.15, -0.1) is 0 Å². The lowest BCUT2D eigenvalue weighted by molar-refractivity contribution is 0.159. The van der Waals surface area contributed by atoms with Crippen molar-refractivity contribution >= 4 is 6.03 Å². The number of carbonyl (C=O) groups is 1. The summed E-state index contributed by atoms with van der Waals surface area (Å²) < 4.78 is 0. The molecule has 2 N–H and O–H groups in total. The fraction of sp³-hybridized carbons (Fsp3) is 0.923. The molecular weight excluding hydrogens is 228 g/mol. The molecule has 2 rings (SSSR count). The molecule has 0 atom stereocenters. The van der Waals surface area contributed by atoms with Crippen LogP contribution in [-0.2, 0) is 0 Å². The summed E-state index contributed by atoms with van der Waals surface area (Å²) in [6.45, 7) is 3.51. The number of nitrogens with one attached hydrogen (secondary N) is 2. The third kappa shape index (κ3) is 3.36. The van der Waals surface area contributed by atoms with E-state index in [1.165, 1.54) is 25.7 Å². The number of amides is 2. The van der Waals surface area contributed by atoms with E-state index < -0.39 is 0 Å². The molecule has 0 radical (unpaired) electrons. The van der Waals surface area contributed by atoms with Gasteiger partial charge in [-0.25, -0.2) is 4.79 Å². The van der Waals surface area contributed by atoms with Gasteiger partial charge in [-0.1, -0.05) is 0 Å². The van der Waals surface area contributed by atoms with Crippen LogP contribution in [-0.4, -0.2) is 68.2 Å². The Kier molecular flexibility index (Phi) is 4.83. The molecule has 2 aliphatic rings. The second kappa shape index (κ2) is 6.38. The van der Waals surface area contributed by atoms with Gasteiger partial charge >= 0.3 is 6.03 Å². The summed E-state index contributed by atoms with van der Waals surface area (Å²) in [5.41, 5.74) is 0. The van der Waals surface area contributed by atoms with E-state index in [1.54, 1.807) is 0 Å². The molecule has 0 bridgehead atoms. The van der Waals surface area contributed by atoms with Gasteiger partial charge in [-0.3, -0.25) is 0 Å². The van der Waals surface area contributed by atoms with E-state index in [4.69, 9.17) is 0 Å². The van der Waals surface area contributed by atoms with Gasteiger partial charge in [0.25, 0.3) is 0 Å². The first-order valence-electron chi connectivity index (χ1n) is 7.11. The maximum absolute atomic E-state index is 11.4. The molecular formula is C13H26N4O. The second-order valence-corrected chi connectivity index (χ2v) is 5.49. The first kappa shape index (κ1) is 13.6. The van der Waals surface area contributed by atoms with Crippen molar-refractivity contribution in [2.75, 3.05) is 40.3 Å². The van der Waals surface area contributed by atoms with E-state index in [2.05, 4.69) is 29.6 Å². The standard InChI is InChI=1S/C13H26N4O/c1-14-11-3-5-12(6-4-11)16(2)9-10-17-8-7-15-13(17)18/h11-12,14H,3-10H2,1-2H3,(H,15,18). The van der Waals surface area contributed by atoms with E-state index >= 15 is 0 Å². The fourth-order valence-electron chi connectivity index (χ4n) is 2.99. The van der Waals surface area contributed by atoms with Crippen LogP contribution in [0.3, 0.4) is 0 Å². The Bertz CT molecular complexity index is 276. The maximum Gasteiger partial charge on any atom is 0.317 e. The van der Waals surface area contributed by atoms with Crippen LogP contribution in [0.2, 0.25) is 0 Å². The highest BCUT2D eigenvalue weighted by Gasteiger charge is 2.24. The summed E-state index contributed by atoms with van der Waals surface area (Å²) in [4.78, 5) is 15.8. The Morgan fingerprint density at radius 2 is 2.11 bits per heavy atom. The van der Waals surface area contributed by atoms with E-state index in [9.17, 15) is 4.79 Å². The number of hydrogen-bond acceptors (Lipinski definition) is 3. The summed E-state index contributed by atoms with van der Waals surface area (Å²) in [5.74, 6) is 0. The first-order valence-corrected chi connectivity index (χ1v) is 7.11. The van der Waals surface area contributed by atoms with Crippen molar-refractivity contribution in [3.05, 3.63) is 0 Å². The summed E-state index contributed by atoms with van der Waals surface area (Å²) >= 11 is 0. The number of nitrogens with zero attached hydrogens (tertiary/aromatic N) is 2. The van der Waals surface area contributed by atoms with Crippen molar-refractivity contribution in [1.29, 1.82) is 0 Å². The lowest BCUT2D eigenvalue weighted by Gasteiger charge is -2.35. The smallest absolute Gasteiger partial charge is 0.317 e. The molecule has 1 saturated carbocycles. The van der Waals surface area contributed by atoms with Crippen LogP contribution in [0.15, 0.2) is 0 Å². The van der Waals surface area contributed by atoms with E-state index in [0.29, 0.717) is 12.1 Å². The Balaban J connectivity index is 1.68. The molecule has 0 unspecified atom stereocenters. The molecule has 0 aromatic heterocycles. The van der Waals surface area contributed by atoms with Gasteiger partial charge in [0.15, 0.2) is 0 Å². The summed E-state index contributed by atoms with van der Waals surface area (Å²) in [6.07, 6.45) is 5.09.